The zero-order valence-electron chi connectivity index (χ0n) is 8.64. The van der Waals surface area contributed by atoms with E-state index in [9.17, 15) is 0 Å². The summed E-state index contributed by atoms with van der Waals surface area (Å²) in [4.78, 5) is 4.37. The number of fused-ring (bicyclic) bond motifs is 3. The summed E-state index contributed by atoms with van der Waals surface area (Å²) in [5.74, 6) is 0.550. The van der Waals surface area contributed by atoms with E-state index in [0.717, 1.165) is 27.4 Å². The second kappa shape index (κ2) is 3.10. The molecule has 0 saturated heterocycles. The average Bonchev–Trinajstić information content (AvgIpc) is 2.29. The van der Waals surface area contributed by atoms with E-state index in [0.29, 0.717) is 5.82 Å². The molecule has 0 aliphatic carbocycles. The summed E-state index contributed by atoms with van der Waals surface area (Å²) in [5.41, 5.74) is 13.4. The van der Waals surface area contributed by atoms with Crippen molar-refractivity contribution in [3.05, 3.63) is 42.5 Å². The Morgan fingerprint density at radius 1 is 0.812 bits per heavy atom. The minimum absolute atomic E-state index is 0.550. The van der Waals surface area contributed by atoms with E-state index in [-0.39, 0.29) is 0 Å². The molecular weight excluding hydrogens is 198 g/mol. The van der Waals surface area contributed by atoms with Gasteiger partial charge in [0.2, 0.25) is 0 Å². The molecule has 78 valence electrons. The van der Waals surface area contributed by atoms with Gasteiger partial charge in [-0.25, -0.2) is 4.98 Å². The highest BCUT2D eigenvalue weighted by molar-refractivity contribution is 6.10. The Morgan fingerprint density at radius 3 is 2.50 bits per heavy atom. The SMILES string of the molecule is Nc1ccc2c(N)nc3ccccc3c2c1. The molecule has 0 fully saturated rings. The maximum Gasteiger partial charge on any atom is 0.132 e. The maximum absolute atomic E-state index is 5.92. The third-order valence-electron chi connectivity index (χ3n) is 2.75. The predicted octanol–water partition coefficient (Wildman–Crippen LogP) is 2.55. The number of hydrogen-bond acceptors (Lipinski definition) is 3. The summed E-state index contributed by atoms with van der Waals surface area (Å²) in [7, 11) is 0. The second-order valence-electron chi connectivity index (χ2n) is 3.82. The van der Waals surface area contributed by atoms with Crippen molar-refractivity contribution in [3.63, 3.8) is 0 Å². The highest BCUT2D eigenvalue weighted by atomic mass is 14.8. The van der Waals surface area contributed by atoms with Crippen molar-refractivity contribution in [3.8, 4) is 0 Å². The minimum Gasteiger partial charge on any atom is -0.399 e. The first-order chi connectivity index (χ1) is 7.75. The van der Waals surface area contributed by atoms with Gasteiger partial charge in [-0.2, -0.15) is 0 Å². The van der Waals surface area contributed by atoms with Crippen molar-refractivity contribution >= 4 is 33.2 Å². The van der Waals surface area contributed by atoms with Crippen molar-refractivity contribution < 1.29 is 0 Å². The summed E-state index contributed by atoms with van der Waals surface area (Å²) >= 11 is 0. The maximum atomic E-state index is 5.92. The number of nitrogen functional groups attached to an aromatic ring is 2. The van der Waals surface area contributed by atoms with Gasteiger partial charge in [-0.1, -0.05) is 18.2 Å². The first-order valence-electron chi connectivity index (χ1n) is 5.09. The van der Waals surface area contributed by atoms with Crippen LogP contribution in [0.1, 0.15) is 0 Å². The van der Waals surface area contributed by atoms with Crippen LogP contribution in [-0.2, 0) is 0 Å². The fourth-order valence-corrected chi connectivity index (χ4v) is 2.00. The molecule has 0 saturated carbocycles. The van der Waals surface area contributed by atoms with E-state index in [4.69, 9.17) is 11.5 Å². The Kier molecular flexibility index (Phi) is 1.74. The number of benzene rings is 2. The molecule has 3 rings (SSSR count). The normalized spacial score (nSPS) is 11.0. The van der Waals surface area contributed by atoms with Crippen LogP contribution in [0.5, 0.6) is 0 Å². The van der Waals surface area contributed by atoms with Crippen LogP contribution >= 0.6 is 0 Å². The van der Waals surface area contributed by atoms with Gasteiger partial charge in [0.25, 0.3) is 0 Å². The summed E-state index contributed by atoms with van der Waals surface area (Å²) in [6.07, 6.45) is 0. The number of anilines is 2. The number of hydrogen-bond donors (Lipinski definition) is 2. The monoisotopic (exact) mass is 209 g/mol. The van der Waals surface area contributed by atoms with E-state index in [1.165, 1.54) is 0 Å². The van der Waals surface area contributed by atoms with Gasteiger partial charge in [0.15, 0.2) is 0 Å². The van der Waals surface area contributed by atoms with E-state index in [1.807, 2.05) is 42.5 Å². The van der Waals surface area contributed by atoms with Crippen LogP contribution in [0.3, 0.4) is 0 Å². The Morgan fingerprint density at radius 2 is 1.62 bits per heavy atom. The lowest BCUT2D eigenvalue weighted by molar-refractivity contribution is 1.44. The van der Waals surface area contributed by atoms with Crippen molar-refractivity contribution in [1.29, 1.82) is 0 Å². The van der Waals surface area contributed by atoms with Gasteiger partial charge in [0, 0.05) is 16.5 Å². The molecule has 0 aliphatic heterocycles. The van der Waals surface area contributed by atoms with Gasteiger partial charge in [-0.15, -0.1) is 0 Å². The smallest absolute Gasteiger partial charge is 0.132 e. The lowest BCUT2D eigenvalue weighted by atomic mass is 10.1. The molecule has 0 atom stereocenters. The summed E-state index contributed by atoms with van der Waals surface area (Å²) in [5, 5.41) is 3.09. The summed E-state index contributed by atoms with van der Waals surface area (Å²) in [6.45, 7) is 0. The third-order valence-corrected chi connectivity index (χ3v) is 2.75. The topological polar surface area (TPSA) is 64.9 Å². The number of pyridine rings is 1. The largest absolute Gasteiger partial charge is 0.399 e. The molecule has 0 amide bonds. The molecule has 0 bridgehead atoms. The highest BCUT2D eigenvalue weighted by Gasteiger charge is 2.05. The molecular formula is C13H11N3. The lowest BCUT2D eigenvalue weighted by Crippen LogP contribution is -1.94. The summed E-state index contributed by atoms with van der Waals surface area (Å²) in [6, 6.07) is 13.6. The predicted molar refractivity (Wildman–Crippen MR) is 68.1 cm³/mol. The molecule has 1 heterocycles. The molecule has 0 radical (unpaired) electrons. The molecule has 3 heteroatoms. The number of nitrogens with zero attached hydrogens (tertiary/aromatic N) is 1. The van der Waals surface area contributed by atoms with Crippen molar-refractivity contribution in [2.24, 2.45) is 0 Å². The van der Waals surface area contributed by atoms with E-state index in [2.05, 4.69) is 4.98 Å². The van der Waals surface area contributed by atoms with Crippen LogP contribution < -0.4 is 11.5 Å². The fourth-order valence-electron chi connectivity index (χ4n) is 2.00. The second-order valence-corrected chi connectivity index (χ2v) is 3.82. The first-order valence-corrected chi connectivity index (χ1v) is 5.09. The molecule has 0 unspecified atom stereocenters. The van der Waals surface area contributed by atoms with Crippen molar-refractivity contribution in [2.45, 2.75) is 0 Å². The van der Waals surface area contributed by atoms with Crippen LogP contribution in [0.15, 0.2) is 42.5 Å². The van der Waals surface area contributed by atoms with Gasteiger partial charge in [0.1, 0.15) is 5.82 Å². The van der Waals surface area contributed by atoms with E-state index >= 15 is 0 Å². The van der Waals surface area contributed by atoms with Crippen LogP contribution in [0.25, 0.3) is 21.7 Å². The average molecular weight is 209 g/mol. The molecule has 0 aliphatic rings. The van der Waals surface area contributed by atoms with Crippen molar-refractivity contribution in [1.82, 2.24) is 4.98 Å². The Balaban J connectivity index is 2.61. The first kappa shape index (κ1) is 8.97. The number of nitrogens with two attached hydrogens (primary N) is 2. The minimum atomic E-state index is 0.550. The van der Waals surface area contributed by atoms with Crippen LogP contribution in [-0.4, -0.2) is 4.98 Å². The zero-order chi connectivity index (χ0) is 11.1. The standard InChI is InChI=1S/C13H11N3/c14-8-5-6-10-11(7-8)9-3-1-2-4-12(9)16-13(10)15/h1-7H,14H2,(H2,15,16). The molecule has 1 aromatic heterocycles. The molecule has 16 heavy (non-hydrogen) atoms. The van der Waals surface area contributed by atoms with Crippen LogP contribution in [0.4, 0.5) is 11.5 Å². The Labute approximate surface area is 92.7 Å². The van der Waals surface area contributed by atoms with Gasteiger partial charge in [-0.3, -0.25) is 0 Å². The molecule has 3 aromatic rings. The Bertz CT molecular complexity index is 689. The molecule has 3 nitrogen and oxygen atoms in total. The van der Waals surface area contributed by atoms with Gasteiger partial charge >= 0.3 is 0 Å². The van der Waals surface area contributed by atoms with Crippen molar-refractivity contribution in [2.75, 3.05) is 11.5 Å². The van der Waals surface area contributed by atoms with Gasteiger partial charge < -0.3 is 11.5 Å². The fraction of sp³-hybridized carbons (Fsp3) is 0. The Hall–Kier alpha value is -2.29. The molecule has 4 N–H and O–H groups in total. The number of rotatable bonds is 0. The lowest BCUT2D eigenvalue weighted by Gasteiger charge is -2.06. The quantitative estimate of drug-likeness (QED) is 0.441. The van der Waals surface area contributed by atoms with Crippen LogP contribution in [0, 0.1) is 0 Å². The zero-order valence-corrected chi connectivity index (χ0v) is 8.64. The number of aromatic nitrogens is 1. The highest BCUT2D eigenvalue weighted by Crippen LogP contribution is 2.28. The van der Waals surface area contributed by atoms with Gasteiger partial charge in [-0.05, 0) is 29.7 Å². The van der Waals surface area contributed by atoms with Crippen LogP contribution in [0.2, 0.25) is 0 Å². The molecule has 2 aromatic carbocycles. The van der Waals surface area contributed by atoms with Gasteiger partial charge in [0.05, 0.1) is 5.52 Å². The van der Waals surface area contributed by atoms with E-state index < -0.39 is 0 Å². The molecule has 0 spiro atoms. The van der Waals surface area contributed by atoms with E-state index in [1.54, 1.807) is 0 Å². The summed E-state index contributed by atoms with van der Waals surface area (Å²) < 4.78 is 0. The number of para-hydroxylation sites is 1. The third kappa shape index (κ3) is 1.18.